The van der Waals surface area contributed by atoms with Crippen LogP contribution in [0.2, 0.25) is 0 Å². The molecule has 1 heterocycles. The van der Waals surface area contributed by atoms with Gasteiger partial charge in [0.2, 0.25) is 0 Å². The Hall–Kier alpha value is -2.04. The van der Waals surface area contributed by atoms with Crippen LogP contribution in [0.15, 0.2) is 24.5 Å². The zero-order valence-electron chi connectivity index (χ0n) is 8.64. The summed E-state index contributed by atoms with van der Waals surface area (Å²) in [6, 6.07) is 5.39. The van der Waals surface area contributed by atoms with Crippen molar-refractivity contribution in [1.82, 2.24) is 14.8 Å². The van der Waals surface area contributed by atoms with E-state index in [1.165, 1.54) is 0 Å². The number of nitrogen functional groups attached to an aromatic ring is 1. The highest BCUT2D eigenvalue weighted by molar-refractivity contribution is 5.55. The van der Waals surface area contributed by atoms with Gasteiger partial charge in [0.15, 0.2) is 0 Å². The van der Waals surface area contributed by atoms with Crippen LogP contribution < -0.4 is 10.5 Å². The van der Waals surface area contributed by atoms with Crippen molar-refractivity contribution in [1.29, 1.82) is 0 Å². The summed E-state index contributed by atoms with van der Waals surface area (Å²) in [7, 11) is 1.61. The average Bonchev–Trinajstić information content (AvgIpc) is 2.65. The summed E-state index contributed by atoms with van der Waals surface area (Å²) in [6.07, 6.45) is 1.63. The Labute approximate surface area is 87.5 Å². The Morgan fingerprint density at radius 1 is 1.40 bits per heavy atom. The Balaban J connectivity index is 2.55. The van der Waals surface area contributed by atoms with Crippen LogP contribution in [-0.4, -0.2) is 21.9 Å². The second-order valence-electron chi connectivity index (χ2n) is 3.17. The van der Waals surface area contributed by atoms with Gasteiger partial charge in [0.25, 0.3) is 0 Å². The third-order valence-electron chi connectivity index (χ3n) is 2.06. The zero-order chi connectivity index (χ0) is 10.8. The molecule has 1 aromatic heterocycles. The van der Waals surface area contributed by atoms with Gasteiger partial charge in [-0.1, -0.05) is 0 Å². The molecule has 0 unspecified atom stereocenters. The maximum absolute atomic E-state index is 5.71. The molecule has 0 aliphatic carbocycles. The normalized spacial score (nSPS) is 10.3. The predicted molar refractivity (Wildman–Crippen MR) is 57.1 cm³/mol. The van der Waals surface area contributed by atoms with Crippen LogP contribution in [0.4, 0.5) is 5.69 Å². The number of aryl methyl sites for hydroxylation is 1. The van der Waals surface area contributed by atoms with E-state index in [0.29, 0.717) is 17.3 Å². The van der Waals surface area contributed by atoms with E-state index in [2.05, 4.69) is 10.1 Å². The van der Waals surface area contributed by atoms with Crippen molar-refractivity contribution in [2.24, 2.45) is 0 Å². The van der Waals surface area contributed by atoms with Gasteiger partial charge in [0.05, 0.1) is 7.11 Å². The molecular weight excluding hydrogens is 192 g/mol. The Morgan fingerprint density at radius 3 is 2.80 bits per heavy atom. The summed E-state index contributed by atoms with van der Waals surface area (Å²) < 4.78 is 6.86. The van der Waals surface area contributed by atoms with E-state index in [9.17, 15) is 0 Å². The molecule has 0 amide bonds. The van der Waals surface area contributed by atoms with Gasteiger partial charge in [-0.3, -0.25) is 0 Å². The van der Waals surface area contributed by atoms with Gasteiger partial charge in [0.1, 0.15) is 23.6 Å². The number of nitrogens with two attached hydrogens (primary N) is 1. The highest BCUT2D eigenvalue weighted by Gasteiger charge is 2.06. The van der Waals surface area contributed by atoms with Gasteiger partial charge < -0.3 is 10.5 Å². The second kappa shape index (κ2) is 3.61. The fourth-order valence-electron chi connectivity index (χ4n) is 1.35. The predicted octanol–water partition coefficient (Wildman–Crippen LogP) is 1.17. The van der Waals surface area contributed by atoms with Crippen molar-refractivity contribution >= 4 is 5.69 Å². The van der Waals surface area contributed by atoms with Crippen LogP contribution in [0.1, 0.15) is 5.82 Å². The molecule has 0 atom stereocenters. The molecule has 2 N–H and O–H groups in total. The number of methoxy groups -OCH3 is 1. The summed E-state index contributed by atoms with van der Waals surface area (Å²) in [5, 5.41) is 4.20. The lowest BCUT2D eigenvalue weighted by Crippen LogP contribution is -2.00. The first-order valence-electron chi connectivity index (χ1n) is 4.53. The number of hydrogen-bond donors (Lipinski definition) is 1. The highest BCUT2D eigenvalue weighted by atomic mass is 16.5. The summed E-state index contributed by atoms with van der Waals surface area (Å²) in [5.41, 5.74) is 7.16. The van der Waals surface area contributed by atoms with Gasteiger partial charge in [0, 0.05) is 5.69 Å². The van der Waals surface area contributed by atoms with Gasteiger partial charge in [-0.15, -0.1) is 0 Å². The van der Waals surface area contributed by atoms with E-state index in [0.717, 1.165) is 5.69 Å². The monoisotopic (exact) mass is 204 g/mol. The quantitative estimate of drug-likeness (QED) is 0.745. The average molecular weight is 204 g/mol. The first-order chi connectivity index (χ1) is 7.20. The molecular formula is C10H12N4O. The van der Waals surface area contributed by atoms with Crippen LogP contribution in [0.5, 0.6) is 5.75 Å². The molecule has 0 saturated carbocycles. The van der Waals surface area contributed by atoms with Crippen LogP contribution in [0, 0.1) is 6.92 Å². The van der Waals surface area contributed by atoms with Crippen molar-refractivity contribution < 1.29 is 4.74 Å². The standard InChI is InChI=1S/C10H12N4O/c1-7-12-6-14(13-7)9-5-8(11)3-4-10(9)15-2/h3-6H,11H2,1-2H3. The lowest BCUT2D eigenvalue weighted by Gasteiger charge is -2.08. The Morgan fingerprint density at radius 2 is 2.20 bits per heavy atom. The number of anilines is 1. The molecule has 1 aromatic carbocycles. The summed E-state index contributed by atoms with van der Waals surface area (Å²) in [5.74, 6) is 1.42. The first kappa shape index (κ1) is 9.51. The topological polar surface area (TPSA) is 66.0 Å². The van der Waals surface area contributed by atoms with Crippen LogP contribution >= 0.6 is 0 Å². The molecule has 0 bridgehead atoms. The number of aromatic nitrogens is 3. The lowest BCUT2D eigenvalue weighted by molar-refractivity contribution is 0.411. The van der Waals surface area contributed by atoms with Gasteiger partial charge in [-0.2, -0.15) is 5.10 Å². The van der Waals surface area contributed by atoms with Gasteiger partial charge in [-0.25, -0.2) is 9.67 Å². The van der Waals surface area contributed by atoms with E-state index >= 15 is 0 Å². The molecule has 0 spiro atoms. The molecule has 0 saturated heterocycles. The zero-order valence-corrected chi connectivity index (χ0v) is 8.64. The summed E-state index contributed by atoms with van der Waals surface area (Å²) >= 11 is 0. The molecule has 0 radical (unpaired) electrons. The van der Waals surface area contributed by atoms with Gasteiger partial charge in [-0.05, 0) is 25.1 Å². The van der Waals surface area contributed by atoms with Crippen LogP contribution in [-0.2, 0) is 0 Å². The smallest absolute Gasteiger partial charge is 0.147 e. The summed E-state index contributed by atoms with van der Waals surface area (Å²) in [6.45, 7) is 1.83. The van der Waals surface area contributed by atoms with Crippen LogP contribution in [0.25, 0.3) is 5.69 Å². The van der Waals surface area contributed by atoms with Crippen molar-refractivity contribution in [3.05, 3.63) is 30.4 Å². The maximum atomic E-state index is 5.71. The van der Waals surface area contributed by atoms with Crippen molar-refractivity contribution in [3.63, 3.8) is 0 Å². The number of ether oxygens (including phenoxy) is 1. The first-order valence-corrected chi connectivity index (χ1v) is 4.53. The molecule has 78 valence electrons. The molecule has 15 heavy (non-hydrogen) atoms. The molecule has 0 fully saturated rings. The number of nitrogens with zero attached hydrogens (tertiary/aromatic N) is 3. The Kier molecular flexibility index (Phi) is 2.29. The van der Waals surface area contributed by atoms with E-state index < -0.39 is 0 Å². The molecule has 5 nitrogen and oxygen atoms in total. The fraction of sp³-hybridized carbons (Fsp3) is 0.200. The number of rotatable bonds is 2. The largest absolute Gasteiger partial charge is 0.494 e. The fourth-order valence-corrected chi connectivity index (χ4v) is 1.35. The van der Waals surface area contributed by atoms with Crippen molar-refractivity contribution in [2.45, 2.75) is 6.92 Å². The third-order valence-corrected chi connectivity index (χ3v) is 2.06. The minimum atomic E-state index is 0.666. The van der Waals surface area contributed by atoms with E-state index in [1.807, 2.05) is 13.0 Å². The lowest BCUT2D eigenvalue weighted by atomic mass is 10.2. The third kappa shape index (κ3) is 1.76. The van der Waals surface area contributed by atoms with Crippen molar-refractivity contribution in [2.75, 3.05) is 12.8 Å². The molecule has 2 rings (SSSR count). The molecule has 0 aliphatic heterocycles. The van der Waals surface area contributed by atoms with E-state index in [1.54, 1.807) is 30.3 Å². The number of benzene rings is 1. The molecule has 2 aromatic rings. The minimum Gasteiger partial charge on any atom is -0.494 e. The Bertz CT molecular complexity index is 478. The van der Waals surface area contributed by atoms with Crippen molar-refractivity contribution in [3.8, 4) is 11.4 Å². The molecule has 0 aliphatic rings. The second-order valence-corrected chi connectivity index (χ2v) is 3.17. The maximum Gasteiger partial charge on any atom is 0.147 e. The number of hydrogen-bond acceptors (Lipinski definition) is 4. The van der Waals surface area contributed by atoms with Crippen LogP contribution in [0.3, 0.4) is 0 Å². The SMILES string of the molecule is COc1ccc(N)cc1-n1cnc(C)n1. The van der Waals surface area contributed by atoms with E-state index in [-0.39, 0.29) is 0 Å². The highest BCUT2D eigenvalue weighted by Crippen LogP contribution is 2.24. The minimum absolute atomic E-state index is 0.666. The summed E-state index contributed by atoms with van der Waals surface area (Å²) in [4.78, 5) is 4.05. The van der Waals surface area contributed by atoms with E-state index in [4.69, 9.17) is 10.5 Å². The molecule has 5 heteroatoms. The van der Waals surface area contributed by atoms with Gasteiger partial charge >= 0.3 is 0 Å².